The highest BCUT2D eigenvalue weighted by Crippen LogP contribution is 2.67. The van der Waals surface area contributed by atoms with Gasteiger partial charge in [-0.15, -0.1) is 0 Å². The summed E-state index contributed by atoms with van der Waals surface area (Å²) in [5.41, 5.74) is 1.79. The van der Waals surface area contributed by atoms with Crippen molar-refractivity contribution in [3.05, 3.63) is 23.8 Å². The van der Waals surface area contributed by atoms with Crippen LogP contribution < -0.4 is 0 Å². The van der Waals surface area contributed by atoms with Gasteiger partial charge >= 0.3 is 0 Å². The molecule has 0 saturated heterocycles. The molecule has 0 heterocycles. The number of hydrogen-bond donors (Lipinski definition) is 2. The SMILES string of the molecule is C=C(CCC(C)(O)C1CCC2C3C(=O)C=C4CC(O)CCC4(C)C3CCC21C)C(C)C. The van der Waals surface area contributed by atoms with Crippen LogP contribution in [0.25, 0.3) is 0 Å². The van der Waals surface area contributed by atoms with E-state index in [1.54, 1.807) is 0 Å². The molecule has 3 heteroatoms. The Bertz CT molecular complexity index is 777. The minimum atomic E-state index is -0.717. The fourth-order valence-corrected chi connectivity index (χ4v) is 8.28. The molecule has 2 N–H and O–H groups in total. The van der Waals surface area contributed by atoms with Crippen LogP contribution in [0.15, 0.2) is 23.8 Å². The van der Waals surface area contributed by atoms with Crippen LogP contribution in [0, 0.1) is 40.4 Å². The van der Waals surface area contributed by atoms with E-state index in [0.29, 0.717) is 30.0 Å². The number of aliphatic hydroxyl groups excluding tert-OH is 1. The standard InChI is InChI=1S/C28H44O3/c1-17(2)18(3)9-14-28(6,31)24-8-7-21-25-22(11-13-27(21,24)5)26(4)12-10-20(29)15-19(26)16-23(25)30/h16-17,20-22,24-25,29,31H,3,7-15H2,1-2,4-6H3. The molecule has 0 aromatic rings. The largest absolute Gasteiger partial charge is 0.393 e. The average molecular weight is 429 g/mol. The molecule has 4 aliphatic carbocycles. The first-order valence-corrected chi connectivity index (χ1v) is 12.7. The van der Waals surface area contributed by atoms with E-state index < -0.39 is 5.60 Å². The van der Waals surface area contributed by atoms with Crippen LogP contribution >= 0.6 is 0 Å². The van der Waals surface area contributed by atoms with Gasteiger partial charge in [0.2, 0.25) is 0 Å². The van der Waals surface area contributed by atoms with Crippen LogP contribution in [-0.2, 0) is 4.79 Å². The summed E-state index contributed by atoms with van der Waals surface area (Å²) in [7, 11) is 0. The first kappa shape index (κ1) is 23.2. The van der Waals surface area contributed by atoms with Gasteiger partial charge in [-0.1, -0.05) is 45.4 Å². The molecule has 0 amide bonds. The summed E-state index contributed by atoms with van der Waals surface area (Å²) in [5, 5.41) is 21.8. The topological polar surface area (TPSA) is 57.5 Å². The van der Waals surface area contributed by atoms with E-state index in [1.807, 2.05) is 13.0 Å². The predicted molar refractivity (Wildman–Crippen MR) is 125 cm³/mol. The lowest BCUT2D eigenvalue weighted by Crippen LogP contribution is -2.55. The maximum atomic E-state index is 13.4. The lowest BCUT2D eigenvalue weighted by atomic mass is 9.46. The normalized spacial score (nSPS) is 44.2. The van der Waals surface area contributed by atoms with Gasteiger partial charge in [0, 0.05) is 5.92 Å². The number of carbonyl (C=O) groups is 1. The highest BCUT2D eigenvalue weighted by atomic mass is 16.3. The highest BCUT2D eigenvalue weighted by molar-refractivity contribution is 5.94. The minimum absolute atomic E-state index is 0.0232. The second-order valence-electron chi connectivity index (χ2n) is 12.5. The summed E-state index contributed by atoms with van der Waals surface area (Å²) in [5.74, 6) is 1.85. The predicted octanol–water partition coefficient (Wildman–Crippen LogP) is 5.85. The first-order valence-electron chi connectivity index (χ1n) is 12.7. The third-order valence-electron chi connectivity index (χ3n) is 10.4. The number of hydrogen-bond acceptors (Lipinski definition) is 3. The molecule has 0 radical (unpaired) electrons. The Morgan fingerprint density at radius 1 is 1.19 bits per heavy atom. The van der Waals surface area contributed by atoms with Crippen molar-refractivity contribution < 1.29 is 15.0 Å². The van der Waals surface area contributed by atoms with E-state index in [4.69, 9.17) is 0 Å². The van der Waals surface area contributed by atoms with Gasteiger partial charge in [0.1, 0.15) is 0 Å². The van der Waals surface area contributed by atoms with Crippen LogP contribution in [0.3, 0.4) is 0 Å². The third-order valence-corrected chi connectivity index (χ3v) is 10.4. The van der Waals surface area contributed by atoms with Crippen LogP contribution in [0.5, 0.6) is 0 Å². The van der Waals surface area contributed by atoms with Crippen molar-refractivity contribution >= 4 is 5.78 Å². The molecule has 0 aromatic carbocycles. The quantitative estimate of drug-likeness (QED) is 0.540. The second kappa shape index (κ2) is 7.83. The minimum Gasteiger partial charge on any atom is -0.393 e. The first-order chi connectivity index (χ1) is 14.4. The smallest absolute Gasteiger partial charge is 0.159 e. The number of fused-ring (bicyclic) bond motifs is 5. The molecule has 0 aliphatic heterocycles. The lowest BCUT2D eigenvalue weighted by Gasteiger charge is -2.58. The van der Waals surface area contributed by atoms with E-state index in [2.05, 4.69) is 34.3 Å². The van der Waals surface area contributed by atoms with E-state index in [9.17, 15) is 15.0 Å². The molecule has 0 bridgehead atoms. The number of ketones is 1. The Morgan fingerprint density at radius 3 is 2.58 bits per heavy atom. The molecular formula is C28H44O3. The fraction of sp³-hybridized carbons (Fsp3) is 0.821. The Morgan fingerprint density at radius 2 is 1.90 bits per heavy atom. The number of rotatable bonds is 5. The van der Waals surface area contributed by atoms with Crippen LogP contribution in [-0.4, -0.2) is 27.7 Å². The van der Waals surface area contributed by atoms with Gasteiger partial charge in [-0.05, 0) is 105 Å². The van der Waals surface area contributed by atoms with Gasteiger partial charge in [-0.2, -0.15) is 0 Å². The number of allylic oxidation sites excluding steroid dienone is 2. The van der Waals surface area contributed by atoms with E-state index in [-0.39, 0.29) is 28.8 Å². The summed E-state index contributed by atoms with van der Waals surface area (Å²) in [4.78, 5) is 13.4. The van der Waals surface area contributed by atoms with Gasteiger partial charge in [-0.25, -0.2) is 0 Å². The summed E-state index contributed by atoms with van der Waals surface area (Å²) in [6.07, 6.45) is 10.0. The maximum absolute atomic E-state index is 13.4. The van der Waals surface area contributed by atoms with Crippen LogP contribution in [0.4, 0.5) is 0 Å². The van der Waals surface area contributed by atoms with Crippen molar-refractivity contribution in [3.63, 3.8) is 0 Å². The van der Waals surface area contributed by atoms with Crippen molar-refractivity contribution in [2.75, 3.05) is 0 Å². The zero-order valence-corrected chi connectivity index (χ0v) is 20.4. The third kappa shape index (κ3) is 3.68. The van der Waals surface area contributed by atoms with Crippen molar-refractivity contribution in [1.82, 2.24) is 0 Å². The molecular weight excluding hydrogens is 384 g/mol. The Labute approximate surface area is 189 Å². The average Bonchev–Trinajstić information content (AvgIpc) is 3.05. The zero-order valence-electron chi connectivity index (χ0n) is 20.4. The molecule has 8 unspecified atom stereocenters. The van der Waals surface area contributed by atoms with E-state index in [0.717, 1.165) is 51.4 Å². The highest BCUT2D eigenvalue weighted by Gasteiger charge is 2.63. The van der Waals surface area contributed by atoms with Crippen molar-refractivity contribution in [2.24, 2.45) is 40.4 Å². The number of carbonyl (C=O) groups excluding carboxylic acids is 1. The van der Waals surface area contributed by atoms with Gasteiger partial charge in [0.05, 0.1) is 11.7 Å². The summed E-state index contributed by atoms with van der Waals surface area (Å²) in [6, 6.07) is 0. The van der Waals surface area contributed by atoms with Gasteiger partial charge in [0.25, 0.3) is 0 Å². The Hall–Kier alpha value is -0.930. The van der Waals surface area contributed by atoms with Gasteiger partial charge in [0.15, 0.2) is 5.78 Å². The Balaban J connectivity index is 1.58. The second-order valence-corrected chi connectivity index (χ2v) is 12.5. The molecule has 4 aliphatic rings. The molecule has 3 fully saturated rings. The molecule has 3 saturated carbocycles. The van der Waals surface area contributed by atoms with Crippen LogP contribution in [0.1, 0.15) is 92.4 Å². The van der Waals surface area contributed by atoms with E-state index in [1.165, 1.54) is 11.1 Å². The number of aliphatic hydroxyl groups is 2. The van der Waals surface area contributed by atoms with Crippen LogP contribution in [0.2, 0.25) is 0 Å². The summed E-state index contributed by atoms with van der Waals surface area (Å²) in [6.45, 7) is 15.3. The molecule has 31 heavy (non-hydrogen) atoms. The summed E-state index contributed by atoms with van der Waals surface area (Å²) >= 11 is 0. The fourth-order valence-electron chi connectivity index (χ4n) is 8.28. The Kier molecular flexibility index (Phi) is 5.87. The molecule has 0 aromatic heterocycles. The van der Waals surface area contributed by atoms with Crippen molar-refractivity contribution in [2.45, 2.75) is 104 Å². The maximum Gasteiger partial charge on any atom is 0.159 e. The molecule has 4 rings (SSSR count). The van der Waals surface area contributed by atoms with Gasteiger partial charge in [-0.3, -0.25) is 4.79 Å². The molecule has 174 valence electrons. The van der Waals surface area contributed by atoms with Crippen molar-refractivity contribution in [1.29, 1.82) is 0 Å². The monoisotopic (exact) mass is 428 g/mol. The molecule has 8 atom stereocenters. The molecule has 3 nitrogen and oxygen atoms in total. The zero-order chi connectivity index (χ0) is 22.8. The lowest BCUT2D eigenvalue weighted by molar-refractivity contribution is -0.140. The van der Waals surface area contributed by atoms with Gasteiger partial charge < -0.3 is 10.2 Å². The van der Waals surface area contributed by atoms with Crippen molar-refractivity contribution in [3.8, 4) is 0 Å². The summed E-state index contributed by atoms with van der Waals surface area (Å²) < 4.78 is 0. The molecule has 0 spiro atoms. The van der Waals surface area contributed by atoms with E-state index >= 15 is 0 Å².